The van der Waals surface area contributed by atoms with Crippen molar-refractivity contribution in [3.05, 3.63) is 29.3 Å². The molecule has 0 saturated heterocycles. The van der Waals surface area contributed by atoms with Gasteiger partial charge in [0.25, 0.3) is 0 Å². The molecule has 1 aromatic rings. The molecule has 0 fully saturated rings. The van der Waals surface area contributed by atoms with Gasteiger partial charge in [0.05, 0.1) is 7.11 Å². The monoisotopic (exact) mass is 276 g/mol. The zero-order valence-corrected chi connectivity index (χ0v) is 14.3. The highest BCUT2D eigenvalue weighted by Crippen LogP contribution is 2.35. The van der Waals surface area contributed by atoms with Crippen LogP contribution < -0.4 is 4.74 Å². The molecule has 0 bridgehead atoms. The summed E-state index contributed by atoms with van der Waals surface area (Å²) in [6.45, 7) is 11.4. The summed E-state index contributed by atoms with van der Waals surface area (Å²) >= 11 is 0. The topological polar surface area (TPSA) is 9.23 Å². The predicted molar refractivity (Wildman–Crippen MR) is 88.7 cm³/mol. The van der Waals surface area contributed by atoms with Crippen molar-refractivity contribution < 1.29 is 4.74 Å². The molecule has 0 aliphatic rings. The van der Waals surface area contributed by atoms with Gasteiger partial charge in [0.1, 0.15) is 5.75 Å². The Labute approximate surface area is 125 Å². The Morgan fingerprint density at radius 2 is 1.65 bits per heavy atom. The molecule has 0 aliphatic heterocycles. The summed E-state index contributed by atoms with van der Waals surface area (Å²) in [5.41, 5.74) is 3.04. The third-order valence-corrected chi connectivity index (χ3v) is 5.21. The smallest absolute Gasteiger partial charge is 0.122 e. The Kier molecular flexibility index (Phi) is 6.58. The van der Waals surface area contributed by atoms with E-state index in [9.17, 15) is 0 Å². The zero-order valence-electron chi connectivity index (χ0n) is 14.3. The van der Waals surface area contributed by atoms with E-state index in [1.165, 1.54) is 36.8 Å². The molecule has 0 aliphatic carbocycles. The van der Waals surface area contributed by atoms with E-state index >= 15 is 0 Å². The number of hydrogen-bond acceptors (Lipinski definition) is 1. The SMILES string of the molecule is CCC(CC)Cc1ccc(C(C)(CC)CC)cc1OC. The van der Waals surface area contributed by atoms with Crippen LogP contribution in [0.2, 0.25) is 0 Å². The summed E-state index contributed by atoms with van der Waals surface area (Å²) < 4.78 is 5.66. The summed E-state index contributed by atoms with van der Waals surface area (Å²) in [4.78, 5) is 0. The third kappa shape index (κ3) is 3.77. The van der Waals surface area contributed by atoms with Crippen molar-refractivity contribution in [3.63, 3.8) is 0 Å². The van der Waals surface area contributed by atoms with Gasteiger partial charge < -0.3 is 4.74 Å². The van der Waals surface area contributed by atoms with Crippen molar-refractivity contribution in [2.75, 3.05) is 7.11 Å². The molecule has 114 valence electrons. The first kappa shape index (κ1) is 17.1. The quantitative estimate of drug-likeness (QED) is 0.587. The number of benzene rings is 1. The molecular weight excluding hydrogens is 244 g/mol. The van der Waals surface area contributed by atoms with E-state index in [2.05, 4.69) is 52.8 Å². The first-order chi connectivity index (χ1) is 9.54. The Morgan fingerprint density at radius 3 is 2.10 bits per heavy atom. The van der Waals surface area contributed by atoms with Crippen LogP contribution in [0, 0.1) is 5.92 Å². The summed E-state index contributed by atoms with van der Waals surface area (Å²) in [5, 5.41) is 0. The third-order valence-electron chi connectivity index (χ3n) is 5.21. The Hall–Kier alpha value is -0.980. The highest BCUT2D eigenvalue weighted by atomic mass is 16.5. The first-order valence-electron chi connectivity index (χ1n) is 8.21. The van der Waals surface area contributed by atoms with Crippen molar-refractivity contribution in [1.29, 1.82) is 0 Å². The molecule has 0 unspecified atom stereocenters. The molecule has 0 spiro atoms. The van der Waals surface area contributed by atoms with Crippen LogP contribution in [0.25, 0.3) is 0 Å². The van der Waals surface area contributed by atoms with Crippen LogP contribution in [0.3, 0.4) is 0 Å². The predicted octanol–water partition coefficient (Wildman–Crippen LogP) is 5.75. The molecule has 0 atom stereocenters. The number of methoxy groups -OCH3 is 1. The minimum Gasteiger partial charge on any atom is -0.496 e. The average molecular weight is 276 g/mol. The maximum Gasteiger partial charge on any atom is 0.122 e. The van der Waals surface area contributed by atoms with Crippen LogP contribution >= 0.6 is 0 Å². The molecule has 1 rings (SSSR count). The lowest BCUT2D eigenvalue weighted by Gasteiger charge is -2.28. The zero-order chi connectivity index (χ0) is 15.2. The van der Waals surface area contributed by atoms with Gasteiger partial charge in [-0.15, -0.1) is 0 Å². The van der Waals surface area contributed by atoms with E-state index in [-0.39, 0.29) is 5.41 Å². The summed E-state index contributed by atoms with van der Waals surface area (Å²) in [6, 6.07) is 6.87. The number of rotatable bonds is 8. The van der Waals surface area contributed by atoms with Crippen LogP contribution in [0.4, 0.5) is 0 Å². The lowest BCUT2D eigenvalue weighted by atomic mass is 9.77. The van der Waals surface area contributed by atoms with Crippen LogP contribution in [0.1, 0.15) is 71.4 Å². The molecule has 1 nitrogen and oxygen atoms in total. The number of hydrogen-bond donors (Lipinski definition) is 0. The minimum atomic E-state index is 0.265. The minimum absolute atomic E-state index is 0.265. The van der Waals surface area contributed by atoms with Gasteiger partial charge in [-0.3, -0.25) is 0 Å². The van der Waals surface area contributed by atoms with Crippen LogP contribution in [0.15, 0.2) is 18.2 Å². The Bertz CT molecular complexity index is 400. The van der Waals surface area contributed by atoms with E-state index in [1.54, 1.807) is 7.11 Å². The fourth-order valence-electron chi connectivity index (χ4n) is 2.84. The van der Waals surface area contributed by atoms with Crippen molar-refractivity contribution in [3.8, 4) is 5.75 Å². The molecule has 0 amide bonds. The lowest BCUT2D eigenvalue weighted by Crippen LogP contribution is -2.19. The van der Waals surface area contributed by atoms with Gasteiger partial charge in [0, 0.05) is 0 Å². The van der Waals surface area contributed by atoms with Gasteiger partial charge in [-0.1, -0.05) is 59.6 Å². The highest BCUT2D eigenvalue weighted by molar-refractivity contribution is 5.40. The maximum atomic E-state index is 5.66. The van der Waals surface area contributed by atoms with Gasteiger partial charge in [-0.05, 0) is 47.8 Å². The van der Waals surface area contributed by atoms with Crippen LogP contribution in [0.5, 0.6) is 5.75 Å². The Balaban J connectivity index is 3.07. The second-order valence-corrected chi connectivity index (χ2v) is 6.18. The molecule has 0 N–H and O–H groups in total. The van der Waals surface area contributed by atoms with Gasteiger partial charge in [0.2, 0.25) is 0 Å². The second-order valence-electron chi connectivity index (χ2n) is 6.18. The molecule has 0 saturated carbocycles. The highest BCUT2D eigenvalue weighted by Gasteiger charge is 2.23. The molecule has 0 radical (unpaired) electrons. The van der Waals surface area contributed by atoms with E-state index in [0.717, 1.165) is 18.1 Å². The van der Waals surface area contributed by atoms with E-state index in [1.807, 2.05) is 0 Å². The summed E-state index contributed by atoms with van der Waals surface area (Å²) in [5.74, 6) is 1.83. The Morgan fingerprint density at radius 1 is 1.05 bits per heavy atom. The van der Waals surface area contributed by atoms with Gasteiger partial charge >= 0.3 is 0 Å². The van der Waals surface area contributed by atoms with Crippen LogP contribution in [-0.2, 0) is 11.8 Å². The normalized spacial score (nSPS) is 11.9. The standard InChI is InChI=1S/C19H32O/c1-7-15(8-2)13-16-11-12-17(14-18(16)20-6)19(5,9-3)10-4/h11-12,14-15H,7-10,13H2,1-6H3. The summed E-state index contributed by atoms with van der Waals surface area (Å²) in [7, 11) is 1.80. The van der Waals surface area contributed by atoms with Crippen molar-refractivity contribution in [2.45, 2.75) is 72.1 Å². The van der Waals surface area contributed by atoms with Gasteiger partial charge in [0.15, 0.2) is 0 Å². The van der Waals surface area contributed by atoms with E-state index < -0.39 is 0 Å². The second kappa shape index (κ2) is 7.71. The molecule has 1 aromatic carbocycles. The maximum absolute atomic E-state index is 5.66. The first-order valence-corrected chi connectivity index (χ1v) is 8.21. The van der Waals surface area contributed by atoms with Crippen LogP contribution in [-0.4, -0.2) is 7.11 Å². The lowest BCUT2D eigenvalue weighted by molar-refractivity contribution is 0.393. The fraction of sp³-hybridized carbons (Fsp3) is 0.684. The molecule has 0 heterocycles. The van der Waals surface area contributed by atoms with Crippen molar-refractivity contribution >= 4 is 0 Å². The van der Waals surface area contributed by atoms with Gasteiger partial charge in [-0.25, -0.2) is 0 Å². The van der Waals surface area contributed by atoms with E-state index in [0.29, 0.717) is 0 Å². The molecule has 0 aromatic heterocycles. The molecular formula is C19H32O. The summed E-state index contributed by atoms with van der Waals surface area (Å²) in [6.07, 6.45) is 5.94. The molecule has 1 heteroatoms. The number of ether oxygens (including phenoxy) is 1. The fourth-order valence-corrected chi connectivity index (χ4v) is 2.84. The largest absolute Gasteiger partial charge is 0.496 e. The van der Waals surface area contributed by atoms with Crippen molar-refractivity contribution in [1.82, 2.24) is 0 Å². The average Bonchev–Trinajstić information content (AvgIpc) is 2.51. The van der Waals surface area contributed by atoms with Gasteiger partial charge in [-0.2, -0.15) is 0 Å². The van der Waals surface area contributed by atoms with Crippen molar-refractivity contribution in [2.24, 2.45) is 5.92 Å². The van der Waals surface area contributed by atoms with E-state index in [4.69, 9.17) is 4.74 Å². The molecule has 20 heavy (non-hydrogen) atoms.